The normalized spacial score (nSPS) is 9.77. The number of aromatic nitrogens is 1. The Balaban J connectivity index is 3.37. The lowest BCUT2D eigenvalue weighted by Crippen LogP contribution is -2.18. The molecule has 4 nitrogen and oxygen atoms in total. The Morgan fingerprint density at radius 2 is 2.15 bits per heavy atom. The Morgan fingerprint density at radius 1 is 1.54 bits per heavy atom. The summed E-state index contributed by atoms with van der Waals surface area (Å²) in [6.07, 6.45) is 3.01. The van der Waals surface area contributed by atoms with Gasteiger partial charge in [-0.25, -0.2) is 4.79 Å². The second kappa shape index (κ2) is 3.74. The average molecular weight is 246 g/mol. The molecule has 0 aromatic carbocycles. The van der Waals surface area contributed by atoms with Crippen LogP contribution < -0.4 is 5.43 Å². The van der Waals surface area contributed by atoms with Crippen molar-refractivity contribution in [3.63, 3.8) is 0 Å². The molecule has 1 rings (SSSR count). The minimum absolute atomic E-state index is 0.0272. The highest BCUT2D eigenvalue weighted by Gasteiger charge is 2.12. The molecule has 0 amide bonds. The predicted molar refractivity (Wildman–Crippen MR) is 50.7 cm³/mol. The zero-order valence-electron chi connectivity index (χ0n) is 7.20. The van der Waals surface area contributed by atoms with Crippen molar-refractivity contribution >= 4 is 21.9 Å². The molecular formula is C8H8BrNO3. The van der Waals surface area contributed by atoms with E-state index in [-0.39, 0.29) is 11.0 Å². The molecule has 0 spiro atoms. The third-order valence-electron chi connectivity index (χ3n) is 1.52. The van der Waals surface area contributed by atoms with E-state index in [1.54, 1.807) is 17.8 Å². The number of esters is 1. The fourth-order valence-corrected chi connectivity index (χ4v) is 1.46. The van der Waals surface area contributed by atoms with Gasteiger partial charge >= 0.3 is 5.97 Å². The summed E-state index contributed by atoms with van der Waals surface area (Å²) in [5.41, 5.74) is -0.329. The van der Waals surface area contributed by atoms with Gasteiger partial charge in [0.2, 0.25) is 5.43 Å². The molecule has 13 heavy (non-hydrogen) atoms. The summed E-state index contributed by atoms with van der Waals surface area (Å²) in [6, 6.07) is 0. The number of methoxy groups -OCH3 is 1. The molecule has 70 valence electrons. The molecule has 0 saturated carbocycles. The van der Waals surface area contributed by atoms with Crippen LogP contribution in [0.3, 0.4) is 0 Å². The van der Waals surface area contributed by atoms with Gasteiger partial charge in [-0.1, -0.05) is 0 Å². The van der Waals surface area contributed by atoms with Gasteiger partial charge < -0.3 is 9.30 Å². The molecule has 1 heterocycles. The summed E-state index contributed by atoms with van der Waals surface area (Å²) in [4.78, 5) is 22.4. The van der Waals surface area contributed by atoms with E-state index in [0.29, 0.717) is 4.47 Å². The number of ether oxygens (including phenoxy) is 1. The Bertz CT molecular complexity index is 397. The summed E-state index contributed by atoms with van der Waals surface area (Å²) in [5, 5.41) is 0. The fraction of sp³-hybridized carbons (Fsp3) is 0.250. The SMILES string of the molecule is COC(=O)c1cn(C)cc(Br)c1=O. The number of carbonyl (C=O) groups excluding carboxylic acids is 1. The molecule has 1 aromatic rings. The summed E-state index contributed by atoms with van der Waals surface area (Å²) >= 11 is 3.05. The smallest absolute Gasteiger partial charge is 0.343 e. The molecule has 0 atom stereocenters. The number of nitrogens with zero attached hydrogens (tertiary/aromatic N) is 1. The average Bonchev–Trinajstić information content (AvgIpc) is 2.10. The maximum atomic E-state index is 11.4. The third kappa shape index (κ3) is 1.98. The molecule has 0 aliphatic carbocycles. The third-order valence-corrected chi connectivity index (χ3v) is 2.08. The number of pyridine rings is 1. The Hall–Kier alpha value is -1.10. The van der Waals surface area contributed by atoms with Gasteiger partial charge in [-0.2, -0.15) is 0 Å². The van der Waals surface area contributed by atoms with Gasteiger partial charge in [0.25, 0.3) is 0 Å². The van der Waals surface area contributed by atoms with Crippen LogP contribution in [0.1, 0.15) is 10.4 Å². The quantitative estimate of drug-likeness (QED) is 0.692. The molecule has 0 aliphatic heterocycles. The van der Waals surface area contributed by atoms with Gasteiger partial charge in [-0.05, 0) is 15.9 Å². The molecule has 1 aromatic heterocycles. The van der Waals surface area contributed by atoms with Crippen molar-refractivity contribution < 1.29 is 9.53 Å². The minimum atomic E-state index is -0.623. The first-order chi connectivity index (χ1) is 6.06. The summed E-state index contributed by atoms with van der Waals surface area (Å²) in [6.45, 7) is 0. The van der Waals surface area contributed by atoms with Gasteiger partial charge in [-0.3, -0.25) is 4.79 Å². The first-order valence-corrected chi connectivity index (χ1v) is 4.29. The van der Waals surface area contributed by atoms with Crippen LogP contribution in [-0.4, -0.2) is 17.6 Å². The largest absolute Gasteiger partial charge is 0.465 e. The minimum Gasteiger partial charge on any atom is -0.465 e. The highest BCUT2D eigenvalue weighted by atomic mass is 79.9. The van der Waals surface area contributed by atoms with Crippen molar-refractivity contribution in [2.24, 2.45) is 7.05 Å². The van der Waals surface area contributed by atoms with Crippen LogP contribution in [0, 0.1) is 0 Å². The van der Waals surface area contributed by atoms with E-state index in [4.69, 9.17) is 0 Å². The number of rotatable bonds is 1. The van der Waals surface area contributed by atoms with Gasteiger partial charge in [0.05, 0.1) is 11.6 Å². The summed E-state index contributed by atoms with van der Waals surface area (Å²) in [7, 11) is 2.96. The van der Waals surface area contributed by atoms with Gasteiger partial charge in [0, 0.05) is 19.4 Å². The van der Waals surface area contributed by atoms with Crippen molar-refractivity contribution in [3.05, 3.63) is 32.7 Å². The summed E-state index contributed by atoms with van der Waals surface area (Å²) < 4.78 is 6.41. The molecule has 0 N–H and O–H groups in total. The van der Waals surface area contributed by atoms with Gasteiger partial charge in [0.15, 0.2) is 0 Å². The van der Waals surface area contributed by atoms with Crippen molar-refractivity contribution in [2.45, 2.75) is 0 Å². The van der Waals surface area contributed by atoms with Crippen LogP contribution in [-0.2, 0) is 11.8 Å². The Labute approximate surface area is 83.3 Å². The highest BCUT2D eigenvalue weighted by molar-refractivity contribution is 9.10. The predicted octanol–water partition coefficient (Wildman–Crippen LogP) is 0.934. The lowest BCUT2D eigenvalue weighted by molar-refractivity contribution is 0.0598. The van der Waals surface area contributed by atoms with E-state index in [2.05, 4.69) is 20.7 Å². The van der Waals surface area contributed by atoms with Crippen LogP contribution in [0.4, 0.5) is 0 Å². The number of halogens is 1. The molecule has 0 bridgehead atoms. The lowest BCUT2D eigenvalue weighted by Gasteiger charge is -2.02. The van der Waals surface area contributed by atoms with Crippen LogP contribution >= 0.6 is 15.9 Å². The maximum absolute atomic E-state index is 11.4. The molecular weight excluding hydrogens is 238 g/mol. The van der Waals surface area contributed by atoms with Gasteiger partial charge in [-0.15, -0.1) is 0 Å². The molecule has 0 radical (unpaired) electrons. The second-order valence-electron chi connectivity index (χ2n) is 2.51. The number of hydrogen-bond acceptors (Lipinski definition) is 3. The monoisotopic (exact) mass is 245 g/mol. The molecule has 0 fully saturated rings. The Morgan fingerprint density at radius 3 is 2.69 bits per heavy atom. The standard InChI is InChI=1S/C8H8BrNO3/c1-10-3-5(8(12)13-2)7(11)6(9)4-10/h3-4H,1-2H3. The first kappa shape index (κ1) is 9.98. The number of aryl methyl sites for hydroxylation is 1. The molecule has 0 saturated heterocycles. The van der Waals surface area contributed by atoms with Crippen molar-refractivity contribution in [2.75, 3.05) is 7.11 Å². The second-order valence-corrected chi connectivity index (χ2v) is 3.36. The van der Waals surface area contributed by atoms with E-state index in [0.717, 1.165) is 0 Å². The van der Waals surface area contributed by atoms with Crippen LogP contribution in [0.15, 0.2) is 21.7 Å². The lowest BCUT2D eigenvalue weighted by atomic mass is 10.3. The molecule has 0 unspecified atom stereocenters. The van der Waals surface area contributed by atoms with E-state index in [9.17, 15) is 9.59 Å². The zero-order chi connectivity index (χ0) is 10.0. The topological polar surface area (TPSA) is 48.3 Å². The van der Waals surface area contributed by atoms with Crippen molar-refractivity contribution in [1.29, 1.82) is 0 Å². The van der Waals surface area contributed by atoms with Crippen LogP contribution in [0.2, 0.25) is 0 Å². The van der Waals surface area contributed by atoms with E-state index >= 15 is 0 Å². The van der Waals surface area contributed by atoms with Crippen LogP contribution in [0.5, 0.6) is 0 Å². The van der Waals surface area contributed by atoms with Crippen molar-refractivity contribution in [3.8, 4) is 0 Å². The zero-order valence-corrected chi connectivity index (χ0v) is 8.79. The highest BCUT2D eigenvalue weighted by Crippen LogP contribution is 2.04. The number of hydrogen-bond donors (Lipinski definition) is 0. The summed E-state index contributed by atoms with van der Waals surface area (Å²) in [5.74, 6) is -0.623. The van der Waals surface area contributed by atoms with Crippen molar-refractivity contribution in [1.82, 2.24) is 4.57 Å². The first-order valence-electron chi connectivity index (χ1n) is 3.50. The van der Waals surface area contributed by atoms with Crippen LogP contribution in [0.25, 0.3) is 0 Å². The number of carbonyl (C=O) groups is 1. The fourth-order valence-electron chi connectivity index (χ4n) is 0.921. The molecule has 5 heteroatoms. The van der Waals surface area contributed by atoms with E-state index in [1.807, 2.05) is 0 Å². The van der Waals surface area contributed by atoms with Gasteiger partial charge in [0.1, 0.15) is 5.56 Å². The van der Waals surface area contributed by atoms with E-state index < -0.39 is 5.97 Å². The van der Waals surface area contributed by atoms with E-state index in [1.165, 1.54) is 13.3 Å². The maximum Gasteiger partial charge on any atom is 0.343 e. The molecule has 0 aliphatic rings. The Kier molecular flexibility index (Phi) is 2.87.